The van der Waals surface area contributed by atoms with Crippen LogP contribution in [0.4, 0.5) is 17.6 Å². The highest BCUT2D eigenvalue weighted by Gasteiger charge is 2.29. The second-order valence-electron chi connectivity index (χ2n) is 4.82. The van der Waals surface area contributed by atoms with E-state index in [1.807, 2.05) is 6.92 Å². The van der Waals surface area contributed by atoms with Gasteiger partial charge in [-0.05, 0) is 19.1 Å². The van der Waals surface area contributed by atoms with Crippen molar-refractivity contribution in [2.24, 2.45) is 0 Å². The Hall–Kier alpha value is -2.71. The van der Waals surface area contributed by atoms with E-state index in [-0.39, 0.29) is 0 Å². The maximum atomic E-state index is 13.8. The molecule has 0 aliphatic heterocycles. The van der Waals surface area contributed by atoms with Crippen molar-refractivity contribution in [2.45, 2.75) is 13.1 Å². The van der Waals surface area contributed by atoms with Crippen LogP contribution in [-0.4, -0.2) is 32.4 Å². The molecule has 0 aliphatic carbocycles. The third-order valence-corrected chi connectivity index (χ3v) is 3.02. The first-order valence-electron chi connectivity index (χ1n) is 6.50. The summed E-state index contributed by atoms with van der Waals surface area (Å²) < 4.78 is 56.0. The molecule has 3 aromatic heterocycles. The van der Waals surface area contributed by atoms with E-state index in [0.717, 1.165) is 11.6 Å². The van der Waals surface area contributed by atoms with Gasteiger partial charge in [-0.25, -0.2) is 18.9 Å². The molecule has 0 atom stereocenters. The summed E-state index contributed by atoms with van der Waals surface area (Å²) in [7, 11) is 0. The summed E-state index contributed by atoms with van der Waals surface area (Å²) in [6.45, 7) is 0.224. The van der Waals surface area contributed by atoms with Gasteiger partial charge < -0.3 is 4.74 Å². The van der Waals surface area contributed by atoms with Crippen LogP contribution in [0.5, 0.6) is 5.88 Å². The molecule has 0 radical (unpaired) electrons. The molecule has 0 saturated heterocycles. The SMILES string of the molecule is Cc1cnn2ccc(-c3cnc(OCC(F)(F)F)c(F)c3)nc12. The van der Waals surface area contributed by atoms with E-state index in [0.29, 0.717) is 16.9 Å². The van der Waals surface area contributed by atoms with Gasteiger partial charge in [-0.15, -0.1) is 0 Å². The number of alkyl halides is 3. The van der Waals surface area contributed by atoms with Gasteiger partial charge >= 0.3 is 6.18 Å². The lowest BCUT2D eigenvalue weighted by Crippen LogP contribution is -2.20. The van der Waals surface area contributed by atoms with Gasteiger partial charge in [0.2, 0.25) is 0 Å². The molecule has 0 saturated carbocycles. The number of rotatable bonds is 3. The molecule has 0 aromatic carbocycles. The van der Waals surface area contributed by atoms with Crippen LogP contribution >= 0.6 is 0 Å². The molecule has 9 heteroatoms. The van der Waals surface area contributed by atoms with Crippen LogP contribution in [0.15, 0.2) is 30.7 Å². The van der Waals surface area contributed by atoms with Gasteiger partial charge in [-0.3, -0.25) is 0 Å². The highest BCUT2D eigenvalue weighted by Crippen LogP contribution is 2.24. The fourth-order valence-corrected chi connectivity index (χ4v) is 1.97. The average molecular weight is 326 g/mol. The third-order valence-electron chi connectivity index (χ3n) is 3.02. The lowest BCUT2D eigenvalue weighted by Gasteiger charge is -2.09. The lowest BCUT2D eigenvalue weighted by atomic mass is 10.2. The first-order chi connectivity index (χ1) is 10.8. The van der Waals surface area contributed by atoms with E-state index in [4.69, 9.17) is 0 Å². The van der Waals surface area contributed by atoms with E-state index in [1.165, 1.54) is 6.20 Å². The standard InChI is InChI=1S/C14H10F4N4O/c1-8-5-20-22-3-2-11(21-12(8)22)9-4-10(15)13(19-6-9)23-7-14(16,17)18/h2-6H,7H2,1H3. The van der Waals surface area contributed by atoms with Crippen molar-refractivity contribution in [3.05, 3.63) is 42.1 Å². The minimum Gasteiger partial charge on any atom is -0.466 e. The largest absolute Gasteiger partial charge is 0.466 e. The van der Waals surface area contributed by atoms with Gasteiger partial charge in [0.25, 0.3) is 5.88 Å². The van der Waals surface area contributed by atoms with Crippen molar-refractivity contribution >= 4 is 5.65 Å². The first-order valence-corrected chi connectivity index (χ1v) is 6.50. The zero-order chi connectivity index (χ0) is 16.6. The summed E-state index contributed by atoms with van der Waals surface area (Å²) in [5.41, 5.74) is 2.19. The molecular formula is C14H10F4N4O. The molecule has 120 valence electrons. The van der Waals surface area contributed by atoms with Crippen LogP contribution in [-0.2, 0) is 0 Å². The fraction of sp³-hybridized carbons (Fsp3) is 0.214. The van der Waals surface area contributed by atoms with Gasteiger partial charge in [-0.2, -0.15) is 18.3 Å². The molecule has 0 N–H and O–H groups in total. The second kappa shape index (κ2) is 5.49. The smallest absolute Gasteiger partial charge is 0.422 e. The number of ether oxygens (including phenoxy) is 1. The van der Waals surface area contributed by atoms with E-state index in [1.54, 1.807) is 23.0 Å². The third kappa shape index (κ3) is 3.22. The Morgan fingerprint density at radius 1 is 1.26 bits per heavy atom. The van der Waals surface area contributed by atoms with E-state index >= 15 is 0 Å². The van der Waals surface area contributed by atoms with Gasteiger partial charge in [0, 0.05) is 23.5 Å². The minimum atomic E-state index is -4.56. The topological polar surface area (TPSA) is 52.3 Å². The van der Waals surface area contributed by atoms with E-state index < -0.39 is 24.5 Å². The number of hydrogen-bond donors (Lipinski definition) is 0. The monoisotopic (exact) mass is 326 g/mol. The van der Waals surface area contributed by atoms with Crippen LogP contribution < -0.4 is 4.74 Å². The van der Waals surface area contributed by atoms with Crippen molar-refractivity contribution in [3.63, 3.8) is 0 Å². The Bertz CT molecular complexity index is 860. The zero-order valence-electron chi connectivity index (χ0n) is 11.8. The molecule has 3 heterocycles. The minimum absolute atomic E-state index is 0.324. The molecule has 0 fully saturated rings. The Balaban J connectivity index is 1.90. The van der Waals surface area contributed by atoms with Gasteiger partial charge in [0.15, 0.2) is 18.1 Å². The molecule has 23 heavy (non-hydrogen) atoms. The predicted molar refractivity (Wildman–Crippen MR) is 72.5 cm³/mol. The predicted octanol–water partition coefficient (Wildman–Crippen LogP) is 3.18. The number of hydrogen-bond acceptors (Lipinski definition) is 4. The molecule has 0 unspecified atom stereocenters. The number of aryl methyl sites for hydroxylation is 1. The van der Waals surface area contributed by atoms with Crippen LogP contribution in [0.3, 0.4) is 0 Å². The summed E-state index contributed by atoms with van der Waals surface area (Å²) in [4.78, 5) is 7.92. The van der Waals surface area contributed by atoms with Crippen molar-refractivity contribution in [2.75, 3.05) is 6.61 Å². The summed E-state index contributed by atoms with van der Waals surface area (Å²) >= 11 is 0. The zero-order valence-corrected chi connectivity index (χ0v) is 11.8. The molecule has 5 nitrogen and oxygen atoms in total. The molecule has 0 spiro atoms. The van der Waals surface area contributed by atoms with Crippen molar-refractivity contribution in [3.8, 4) is 17.1 Å². The molecule has 0 amide bonds. The van der Waals surface area contributed by atoms with E-state index in [2.05, 4.69) is 19.8 Å². The molecule has 0 bridgehead atoms. The number of fused-ring (bicyclic) bond motifs is 1. The quantitative estimate of drug-likeness (QED) is 0.694. The summed E-state index contributed by atoms with van der Waals surface area (Å²) in [5.74, 6) is -1.69. The van der Waals surface area contributed by atoms with Gasteiger partial charge in [0.1, 0.15) is 0 Å². The first kappa shape index (κ1) is 15.2. The normalized spacial score (nSPS) is 11.9. The van der Waals surface area contributed by atoms with E-state index in [9.17, 15) is 17.6 Å². The number of pyridine rings is 1. The average Bonchev–Trinajstić information content (AvgIpc) is 2.86. The molecular weight excluding hydrogens is 316 g/mol. The number of halogens is 4. The Morgan fingerprint density at radius 2 is 2.04 bits per heavy atom. The van der Waals surface area contributed by atoms with Crippen LogP contribution in [0.1, 0.15) is 5.56 Å². The molecule has 3 rings (SSSR count). The van der Waals surface area contributed by atoms with Crippen LogP contribution in [0.25, 0.3) is 16.9 Å². The summed E-state index contributed by atoms with van der Waals surface area (Å²) in [5, 5.41) is 4.07. The van der Waals surface area contributed by atoms with Crippen molar-refractivity contribution in [1.29, 1.82) is 0 Å². The van der Waals surface area contributed by atoms with Crippen LogP contribution in [0, 0.1) is 12.7 Å². The Morgan fingerprint density at radius 3 is 2.74 bits per heavy atom. The molecule has 0 aliphatic rings. The van der Waals surface area contributed by atoms with Crippen molar-refractivity contribution in [1.82, 2.24) is 19.6 Å². The maximum Gasteiger partial charge on any atom is 0.422 e. The maximum absolute atomic E-state index is 13.8. The molecule has 3 aromatic rings. The van der Waals surface area contributed by atoms with Gasteiger partial charge in [-0.1, -0.05) is 0 Å². The highest BCUT2D eigenvalue weighted by atomic mass is 19.4. The van der Waals surface area contributed by atoms with Crippen molar-refractivity contribution < 1.29 is 22.3 Å². The van der Waals surface area contributed by atoms with Gasteiger partial charge in [0.05, 0.1) is 11.9 Å². The number of nitrogens with zero attached hydrogens (tertiary/aromatic N) is 4. The van der Waals surface area contributed by atoms with Crippen LogP contribution in [0.2, 0.25) is 0 Å². The second-order valence-corrected chi connectivity index (χ2v) is 4.82. The summed E-state index contributed by atoms with van der Waals surface area (Å²) in [6, 6.07) is 2.63. The number of aromatic nitrogens is 4. The Kier molecular flexibility index (Phi) is 3.63. The highest BCUT2D eigenvalue weighted by molar-refractivity contribution is 5.62. The lowest BCUT2D eigenvalue weighted by molar-refractivity contribution is -0.154. The fourth-order valence-electron chi connectivity index (χ4n) is 1.97. The Labute approximate surface area is 127 Å². The summed E-state index contributed by atoms with van der Waals surface area (Å²) in [6.07, 6.45) is -0.0616.